The molecule has 2 aromatic carbocycles. The molecule has 2 aliphatic rings. The maximum absolute atomic E-state index is 12.4. The highest BCUT2D eigenvalue weighted by Crippen LogP contribution is 2.34. The molecule has 3 aromatic rings. The molecular weight excluding hydrogens is 380 g/mol. The lowest BCUT2D eigenvalue weighted by Gasteiger charge is -2.26. The molecule has 1 N–H and O–H groups in total. The summed E-state index contributed by atoms with van der Waals surface area (Å²) in [6, 6.07) is 17.1. The zero-order valence-corrected chi connectivity index (χ0v) is 17.5. The molecule has 2 saturated heterocycles. The van der Waals surface area contributed by atoms with Gasteiger partial charge < -0.3 is 15.1 Å². The first-order valence-electron chi connectivity index (χ1n) is 10.4. The highest BCUT2D eigenvalue weighted by atomic mass is 32.1. The number of nitrogens with one attached hydrogen (secondary N) is 1. The number of hydrogen-bond donors (Lipinski definition) is 1. The molecule has 2 aliphatic heterocycles. The van der Waals surface area contributed by atoms with Crippen LogP contribution in [0.4, 0.5) is 11.4 Å². The van der Waals surface area contributed by atoms with E-state index in [0.717, 1.165) is 35.2 Å². The largest absolute Gasteiger partial charge is 0.367 e. The van der Waals surface area contributed by atoms with Gasteiger partial charge in [-0.25, -0.2) is 4.98 Å². The normalized spacial score (nSPS) is 21.6. The van der Waals surface area contributed by atoms with Crippen molar-refractivity contribution in [3.05, 3.63) is 53.5 Å². The smallest absolute Gasteiger partial charge is 0.224 e. The molecule has 2 atom stereocenters. The summed E-state index contributed by atoms with van der Waals surface area (Å²) >= 11 is 1.67. The van der Waals surface area contributed by atoms with Gasteiger partial charge in [0.15, 0.2) is 0 Å². The van der Waals surface area contributed by atoms with Crippen molar-refractivity contribution in [1.82, 2.24) is 9.88 Å². The average molecular weight is 407 g/mol. The van der Waals surface area contributed by atoms with E-state index < -0.39 is 0 Å². The fraction of sp³-hybridized carbons (Fsp3) is 0.391. The lowest BCUT2D eigenvalue weighted by atomic mass is 10.0. The number of hydrogen-bond acceptors (Lipinski definition) is 5. The molecule has 6 heteroatoms. The summed E-state index contributed by atoms with van der Waals surface area (Å²) in [7, 11) is 2.21. The van der Waals surface area contributed by atoms with Crippen LogP contribution in [0.5, 0.6) is 0 Å². The Morgan fingerprint density at radius 2 is 2.00 bits per heavy atom. The number of nitrogens with zero attached hydrogens (tertiary/aromatic N) is 3. The minimum Gasteiger partial charge on any atom is -0.367 e. The Bertz CT molecular complexity index is 982. The van der Waals surface area contributed by atoms with Gasteiger partial charge >= 0.3 is 0 Å². The van der Waals surface area contributed by atoms with Crippen molar-refractivity contribution in [2.75, 3.05) is 36.9 Å². The summed E-state index contributed by atoms with van der Waals surface area (Å²) in [6.07, 6.45) is 2.40. The number of thiazole rings is 1. The van der Waals surface area contributed by atoms with Crippen molar-refractivity contribution >= 4 is 38.8 Å². The highest BCUT2D eigenvalue weighted by Gasteiger charge is 2.39. The van der Waals surface area contributed by atoms with E-state index in [1.54, 1.807) is 11.3 Å². The molecule has 5 rings (SSSR count). The van der Waals surface area contributed by atoms with Gasteiger partial charge in [-0.2, -0.15) is 0 Å². The Labute approximate surface area is 175 Å². The lowest BCUT2D eigenvalue weighted by Crippen LogP contribution is -2.34. The standard InChI is InChI=1S/C23H26N4OS/c1-26-14-16-12-13-27(20(16)15-26)18-8-6-17(7-9-18)24-22(28)10-11-23-25-19-4-2-3-5-21(19)29-23/h2-9,16,20H,10-15H2,1H3,(H,24,28)/t16-,20+/m0/s1. The van der Waals surface area contributed by atoms with Gasteiger partial charge in [-0.1, -0.05) is 12.1 Å². The first-order chi connectivity index (χ1) is 14.2. The second-order valence-corrected chi connectivity index (χ2v) is 9.32. The molecule has 1 aromatic heterocycles. The minimum atomic E-state index is 0.0376. The number of rotatable bonds is 5. The molecule has 29 heavy (non-hydrogen) atoms. The average Bonchev–Trinajstić information content (AvgIpc) is 3.40. The first kappa shape index (κ1) is 18.6. The van der Waals surface area contributed by atoms with E-state index in [1.807, 2.05) is 30.3 Å². The number of likely N-dealkylation sites (N-methyl/N-ethyl adjacent to an activating group) is 1. The summed E-state index contributed by atoms with van der Waals surface area (Å²) in [5.74, 6) is 0.831. The molecule has 0 spiro atoms. The molecule has 1 amide bonds. The van der Waals surface area contributed by atoms with Gasteiger partial charge in [0.1, 0.15) is 0 Å². The molecule has 0 saturated carbocycles. The van der Waals surface area contributed by atoms with Crippen LogP contribution in [0.3, 0.4) is 0 Å². The highest BCUT2D eigenvalue weighted by molar-refractivity contribution is 7.18. The second-order valence-electron chi connectivity index (χ2n) is 8.20. The summed E-state index contributed by atoms with van der Waals surface area (Å²) in [6.45, 7) is 3.50. The van der Waals surface area contributed by atoms with Crippen LogP contribution in [0, 0.1) is 5.92 Å². The van der Waals surface area contributed by atoms with Crippen LogP contribution < -0.4 is 10.2 Å². The monoisotopic (exact) mass is 406 g/mol. The number of amides is 1. The van der Waals surface area contributed by atoms with Gasteiger partial charge in [0.2, 0.25) is 5.91 Å². The topological polar surface area (TPSA) is 48.5 Å². The molecular formula is C23H26N4OS. The fourth-order valence-corrected chi connectivity index (χ4v) is 5.67. The van der Waals surface area contributed by atoms with Crippen LogP contribution in [-0.4, -0.2) is 48.5 Å². The van der Waals surface area contributed by atoms with Gasteiger partial charge in [0, 0.05) is 49.9 Å². The van der Waals surface area contributed by atoms with Gasteiger partial charge in [0.25, 0.3) is 0 Å². The van der Waals surface area contributed by atoms with Gasteiger partial charge in [-0.15, -0.1) is 11.3 Å². The second kappa shape index (κ2) is 7.76. The van der Waals surface area contributed by atoms with E-state index in [2.05, 4.69) is 45.3 Å². The Morgan fingerprint density at radius 3 is 2.83 bits per heavy atom. The van der Waals surface area contributed by atoms with Crippen molar-refractivity contribution < 1.29 is 4.79 Å². The number of fused-ring (bicyclic) bond motifs is 2. The van der Waals surface area contributed by atoms with Gasteiger partial charge in [0.05, 0.1) is 15.2 Å². The predicted octanol–water partition coefficient (Wildman–Crippen LogP) is 4.01. The van der Waals surface area contributed by atoms with Crippen LogP contribution in [0.15, 0.2) is 48.5 Å². The van der Waals surface area contributed by atoms with Gasteiger partial charge in [-0.3, -0.25) is 4.79 Å². The molecule has 150 valence electrons. The number of carbonyl (C=O) groups excluding carboxylic acids is 1. The van der Waals surface area contributed by atoms with E-state index >= 15 is 0 Å². The molecule has 0 unspecified atom stereocenters. The number of carbonyl (C=O) groups is 1. The molecule has 0 aliphatic carbocycles. The summed E-state index contributed by atoms with van der Waals surface area (Å²) in [5, 5.41) is 4.04. The van der Waals surface area contributed by atoms with E-state index in [9.17, 15) is 4.79 Å². The number of para-hydroxylation sites is 1. The van der Waals surface area contributed by atoms with Crippen LogP contribution in [0.1, 0.15) is 17.8 Å². The number of anilines is 2. The third-order valence-electron chi connectivity index (χ3n) is 6.12. The molecule has 0 radical (unpaired) electrons. The summed E-state index contributed by atoms with van der Waals surface area (Å²) < 4.78 is 1.18. The lowest BCUT2D eigenvalue weighted by molar-refractivity contribution is -0.116. The third kappa shape index (κ3) is 3.87. The van der Waals surface area contributed by atoms with Crippen molar-refractivity contribution in [3.63, 3.8) is 0 Å². The molecule has 0 bridgehead atoms. The number of benzene rings is 2. The van der Waals surface area contributed by atoms with E-state index in [1.165, 1.54) is 23.4 Å². The SMILES string of the molecule is CN1C[C@@H]2CCN(c3ccc(NC(=O)CCc4nc5ccccc5s4)cc3)[C@@H]2C1. The quantitative estimate of drug-likeness (QED) is 0.696. The van der Waals surface area contributed by atoms with Crippen LogP contribution >= 0.6 is 11.3 Å². The van der Waals surface area contributed by atoms with E-state index in [-0.39, 0.29) is 5.91 Å². The van der Waals surface area contributed by atoms with Gasteiger partial charge in [-0.05, 0) is 55.8 Å². The van der Waals surface area contributed by atoms with Crippen LogP contribution in [0.25, 0.3) is 10.2 Å². The van der Waals surface area contributed by atoms with Crippen molar-refractivity contribution in [2.45, 2.75) is 25.3 Å². The Balaban J connectivity index is 1.17. The van der Waals surface area contributed by atoms with Crippen molar-refractivity contribution in [1.29, 1.82) is 0 Å². The maximum Gasteiger partial charge on any atom is 0.224 e. The Hall–Kier alpha value is -2.44. The first-order valence-corrected chi connectivity index (χ1v) is 11.2. The Kier molecular flexibility index (Phi) is 4.97. The van der Waals surface area contributed by atoms with E-state index in [4.69, 9.17) is 0 Å². The third-order valence-corrected chi connectivity index (χ3v) is 7.21. The maximum atomic E-state index is 12.4. The summed E-state index contributed by atoms with van der Waals surface area (Å²) in [4.78, 5) is 22.0. The van der Waals surface area contributed by atoms with Crippen molar-refractivity contribution in [2.24, 2.45) is 5.92 Å². The van der Waals surface area contributed by atoms with E-state index in [0.29, 0.717) is 18.9 Å². The molecule has 2 fully saturated rings. The number of aromatic nitrogens is 1. The summed E-state index contributed by atoms with van der Waals surface area (Å²) in [5.41, 5.74) is 3.14. The van der Waals surface area contributed by atoms with Crippen molar-refractivity contribution in [3.8, 4) is 0 Å². The van der Waals surface area contributed by atoms with Crippen LogP contribution in [-0.2, 0) is 11.2 Å². The Morgan fingerprint density at radius 1 is 1.17 bits per heavy atom. The van der Waals surface area contributed by atoms with Crippen LogP contribution in [0.2, 0.25) is 0 Å². The zero-order chi connectivity index (χ0) is 19.8. The minimum absolute atomic E-state index is 0.0376. The predicted molar refractivity (Wildman–Crippen MR) is 120 cm³/mol. The molecule has 5 nitrogen and oxygen atoms in total. The zero-order valence-electron chi connectivity index (χ0n) is 16.7. The fourth-order valence-electron chi connectivity index (χ4n) is 4.70. The number of likely N-dealkylation sites (tertiary alicyclic amines) is 1. The number of aryl methyl sites for hydroxylation is 1. The molecule has 3 heterocycles.